The third-order valence-corrected chi connectivity index (χ3v) is 9.56. The first-order valence-electron chi connectivity index (χ1n) is 15.7. The highest BCUT2D eigenvalue weighted by Crippen LogP contribution is 2.46. The van der Waals surface area contributed by atoms with E-state index in [2.05, 4.69) is 24.5 Å². The molecular weight excluding hydrogens is 561 g/mol. The number of nitrogens with zero attached hydrogens (tertiary/aromatic N) is 2. The van der Waals surface area contributed by atoms with Gasteiger partial charge in [-0.3, -0.25) is 14.2 Å². The molecule has 1 aliphatic heterocycles. The maximum Gasteiger partial charge on any atom is 0.407 e. The molecule has 2 aromatic carbocycles. The molecule has 0 atom stereocenters. The maximum atomic E-state index is 14.5. The van der Waals surface area contributed by atoms with Crippen molar-refractivity contribution in [2.45, 2.75) is 77.4 Å². The van der Waals surface area contributed by atoms with Crippen molar-refractivity contribution in [3.8, 4) is 11.1 Å². The minimum atomic E-state index is -0.539. The number of alkyl carbamates (subject to hydrolysis) is 1. The first-order valence-corrected chi connectivity index (χ1v) is 15.7. The number of anilines is 1. The Kier molecular flexibility index (Phi) is 9.29. The van der Waals surface area contributed by atoms with Gasteiger partial charge in [0.15, 0.2) is 0 Å². The van der Waals surface area contributed by atoms with Crippen molar-refractivity contribution in [3.63, 3.8) is 0 Å². The van der Waals surface area contributed by atoms with E-state index in [9.17, 15) is 18.8 Å². The maximum absolute atomic E-state index is 14.5. The molecule has 4 N–H and O–H groups in total. The number of hydrogen-bond donors (Lipinski definition) is 3. The van der Waals surface area contributed by atoms with Gasteiger partial charge in [0.1, 0.15) is 11.9 Å². The van der Waals surface area contributed by atoms with Gasteiger partial charge >= 0.3 is 6.09 Å². The van der Waals surface area contributed by atoms with Crippen LogP contribution < -0.4 is 16.4 Å². The van der Waals surface area contributed by atoms with E-state index in [4.69, 9.17) is 10.5 Å². The van der Waals surface area contributed by atoms with Crippen LogP contribution in [0.4, 0.5) is 14.9 Å². The van der Waals surface area contributed by atoms with Crippen LogP contribution in [0.5, 0.6) is 0 Å². The first kappa shape index (κ1) is 31.5. The molecule has 0 radical (unpaired) electrons. The van der Waals surface area contributed by atoms with E-state index in [1.165, 1.54) is 12.1 Å². The molecule has 0 saturated heterocycles. The second-order valence-electron chi connectivity index (χ2n) is 12.7. The monoisotopic (exact) mass is 605 g/mol. The van der Waals surface area contributed by atoms with Crippen LogP contribution in [0.25, 0.3) is 22.0 Å². The molecule has 44 heavy (non-hydrogen) atoms. The lowest BCUT2D eigenvalue weighted by atomic mass is 9.72. The van der Waals surface area contributed by atoms with Gasteiger partial charge in [-0.1, -0.05) is 19.9 Å². The molecule has 0 bridgehead atoms. The third kappa shape index (κ3) is 6.45. The average molecular weight is 606 g/mol. The highest BCUT2D eigenvalue weighted by atomic mass is 19.1. The van der Waals surface area contributed by atoms with Crippen LogP contribution in [0.3, 0.4) is 0 Å². The Morgan fingerprint density at radius 3 is 2.45 bits per heavy atom. The fraction of sp³-hybridized carbons (Fsp3) is 0.500. The van der Waals surface area contributed by atoms with Crippen LogP contribution >= 0.6 is 0 Å². The van der Waals surface area contributed by atoms with Crippen molar-refractivity contribution < 1.29 is 23.5 Å². The number of aromatic nitrogens is 1. The van der Waals surface area contributed by atoms with Crippen LogP contribution in [-0.4, -0.2) is 66.7 Å². The van der Waals surface area contributed by atoms with E-state index in [1.54, 1.807) is 16.7 Å². The van der Waals surface area contributed by atoms with Crippen molar-refractivity contribution in [1.82, 2.24) is 14.8 Å². The molecule has 1 aliphatic carbocycles. The van der Waals surface area contributed by atoms with Crippen molar-refractivity contribution >= 4 is 34.5 Å². The van der Waals surface area contributed by atoms with Crippen LogP contribution in [0.15, 0.2) is 36.4 Å². The number of fused-ring (bicyclic) bond motifs is 3. The fourth-order valence-electron chi connectivity index (χ4n) is 6.81. The molecule has 2 aliphatic rings. The summed E-state index contributed by atoms with van der Waals surface area (Å²) in [6.07, 6.45) is 5.20. The predicted octanol–water partition coefficient (Wildman–Crippen LogP) is 5.95. The number of nitrogens with one attached hydrogen (secondary N) is 2. The van der Waals surface area contributed by atoms with E-state index in [-0.39, 0.29) is 23.5 Å². The summed E-state index contributed by atoms with van der Waals surface area (Å²) >= 11 is 0. The molecule has 9 nitrogen and oxygen atoms in total. The van der Waals surface area contributed by atoms with Crippen molar-refractivity contribution in [2.24, 2.45) is 11.1 Å². The Labute approximate surface area is 258 Å². The highest BCUT2D eigenvalue weighted by molar-refractivity contribution is 6.06. The standard InChI is InChI=1S/C34H44FN5O4/c1-5-34(6-2)19-29-31(26-14-8-22(35)18-28(26)40(29)30(41)20-34)21-7-13-25(32(36)42)27(17-21)38-23-9-11-24(12-10-23)44-33(43)37-15-16-39(3)4/h7-8,13-14,17-18,23-24,38H,5-6,9-12,15-16,19-20H2,1-4H3,(H2,36,42)(H,37,43)/t23-,24-. The second-order valence-corrected chi connectivity index (χ2v) is 12.7. The molecule has 5 rings (SSSR count). The normalized spacial score (nSPS) is 19.5. The molecule has 0 unspecified atom stereocenters. The predicted molar refractivity (Wildman–Crippen MR) is 171 cm³/mol. The van der Waals surface area contributed by atoms with Gasteiger partial charge in [-0.2, -0.15) is 0 Å². The lowest BCUT2D eigenvalue weighted by Crippen LogP contribution is -2.36. The molecule has 10 heteroatoms. The van der Waals surface area contributed by atoms with E-state index in [0.29, 0.717) is 49.0 Å². The summed E-state index contributed by atoms with van der Waals surface area (Å²) in [7, 11) is 3.89. The zero-order valence-electron chi connectivity index (χ0n) is 26.2. The molecule has 2 heterocycles. The topological polar surface area (TPSA) is 119 Å². The smallest absolute Gasteiger partial charge is 0.407 e. The fourth-order valence-corrected chi connectivity index (χ4v) is 6.81. The molecule has 1 aromatic heterocycles. The summed E-state index contributed by atoms with van der Waals surface area (Å²) < 4.78 is 21.8. The summed E-state index contributed by atoms with van der Waals surface area (Å²) in [6, 6.07) is 10.2. The molecule has 3 aromatic rings. The Balaban J connectivity index is 1.42. The van der Waals surface area contributed by atoms with E-state index >= 15 is 0 Å². The Bertz CT molecular complexity index is 1550. The minimum absolute atomic E-state index is 0.0192. The van der Waals surface area contributed by atoms with Gasteiger partial charge in [-0.05, 0) is 100 Å². The summed E-state index contributed by atoms with van der Waals surface area (Å²) in [6.45, 7) is 5.50. The number of nitrogens with two attached hydrogens (primary N) is 1. The number of amides is 2. The van der Waals surface area contributed by atoms with Crippen LogP contribution in [-0.2, 0) is 11.2 Å². The number of likely N-dealkylation sites (N-methyl/N-ethyl adjacent to an activating group) is 1. The molecule has 236 valence electrons. The van der Waals surface area contributed by atoms with Gasteiger partial charge in [-0.15, -0.1) is 0 Å². The Morgan fingerprint density at radius 1 is 1.07 bits per heavy atom. The molecule has 0 spiro atoms. The third-order valence-electron chi connectivity index (χ3n) is 9.56. The SMILES string of the molecule is CCC1(CC)CC(=O)n2c(c(-c3ccc(C(N)=O)c(N[C@H]4CC[C@H](OC(=O)NCCN(C)C)CC4)c3)c3ccc(F)cc32)C1. The molecule has 2 amide bonds. The second kappa shape index (κ2) is 13.0. The number of benzene rings is 2. The van der Waals surface area contributed by atoms with Crippen LogP contribution in [0.1, 0.15) is 79.6 Å². The van der Waals surface area contributed by atoms with Gasteiger partial charge in [0, 0.05) is 47.9 Å². The van der Waals surface area contributed by atoms with Crippen molar-refractivity contribution in [2.75, 3.05) is 32.5 Å². The summed E-state index contributed by atoms with van der Waals surface area (Å²) in [5, 5.41) is 7.14. The zero-order valence-corrected chi connectivity index (χ0v) is 26.2. The molecule has 1 fully saturated rings. The van der Waals surface area contributed by atoms with E-state index < -0.39 is 17.8 Å². The van der Waals surface area contributed by atoms with E-state index in [1.807, 2.05) is 31.1 Å². The Hall–Kier alpha value is -3.92. The van der Waals surface area contributed by atoms with Crippen molar-refractivity contribution in [3.05, 3.63) is 53.5 Å². The number of halogens is 1. The number of carbonyl (C=O) groups is 3. The zero-order chi connectivity index (χ0) is 31.6. The van der Waals surface area contributed by atoms with Gasteiger partial charge in [-0.25, -0.2) is 9.18 Å². The van der Waals surface area contributed by atoms with E-state index in [0.717, 1.165) is 54.4 Å². The summed E-state index contributed by atoms with van der Waals surface area (Å²) in [5.74, 6) is -0.950. The lowest BCUT2D eigenvalue weighted by molar-refractivity contribution is 0.0727. The largest absolute Gasteiger partial charge is 0.446 e. The minimum Gasteiger partial charge on any atom is -0.446 e. The van der Waals surface area contributed by atoms with Gasteiger partial charge in [0.05, 0.1) is 11.1 Å². The van der Waals surface area contributed by atoms with Crippen molar-refractivity contribution in [1.29, 1.82) is 0 Å². The summed E-state index contributed by atoms with van der Waals surface area (Å²) in [4.78, 5) is 40.2. The number of carbonyl (C=O) groups excluding carboxylic acids is 3. The molecule has 1 saturated carbocycles. The highest BCUT2D eigenvalue weighted by Gasteiger charge is 2.39. The Morgan fingerprint density at radius 2 is 1.80 bits per heavy atom. The quantitative estimate of drug-likeness (QED) is 0.263. The van der Waals surface area contributed by atoms with Crippen LogP contribution in [0.2, 0.25) is 0 Å². The number of hydrogen-bond acceptors (Lipinski definition) is 6. The summed E-state index contributed by atoms with van der Waals surface area (Å²) in [5.41, 5.74) is 9.80. The van der Waals surface area contributed by atoms with Gasteiger partial charge < -0.3 is 26.0 Å². The molecular formula is C34H44FN5O4. The average Bonchev–Trinajstić information content (AvgIpc) is 3.31. The number of rotatable bonds is 10. The van der Waals surface area contributed by atoms with Gasteiger partial charge in [0.25, 0.3) is 5.91 Å². The van der Waals surface area contributed by atoms with Gasteiger partial charge in [0.2, 0.25) is 5.91 Å². The number of primary amides is 1. The lowest BCUT2D eigenvalue weighted by Gasteiger charge is -2.36. The van der Waals surface area contributed by atoms with Crippen LogP contribution in [0, 0.1) is 11.2 Å². The number of ether oxygens (including phenoxy) is 1. The first-order chi connectivity index (χ1) is 21.0.